The first-order valence-electron chi connectivity index (χ1n) is 8.81. The average Bonchev–Trinajstić information content (AvgIpc) is 2.63. The number of halogens is 1. The smallest absolute Gasteiger partial charge is 0.321 e. The van der Waals surface area contributed by atoms with Gasteiger partial charge in [0.15, 0.2) is 0 Å². The van der Waals surface area contributed by atoms with E-state index in [0.717, 1.165) is 32.2 Å². The zero-order chi connectivity index (χ0) is 16.9. The van der Waals surface area contributed by atoms with Crippen molar-refractivity contribution in [3.63, 3.8) is 0 Å². The minimum atomic E-state index is -0.0560. The predicted molar refractivity (Wildman–Crippen MR) is 97.0 cm³/mol. The van der Waals surface area contributed by atoms with Gasteiger partial charge < -0.3 is 15.0 Å². The molecule has 1 N–H and O–H groups in total. The van der Waals surface area contributed by atoms with Crippen molar-refractivity contribution >= 4 is 23.3 Å². The van der Waals surface area contributed by atoms with Crippen LogP contribution in [0, 0.1) is 0 Å². The lowest BCUT2D eigenvalue weighted by molar-refractivity contribution is 0.0943. The molecule has 0 bridgehead atoms. The molecule has 0 atom stereocenters. The highest BCUT2D eigenvalue weighted by Crippen LogP contribution is 2.27. The second-order valence-electron chi connectivity index (χ2n) is 6.59. The summed E-state index contributed by atoms with van der Waals surface area (Å²) in [5, 5.41) is 3.42. The highest BCUT2D eigenvalue weighted by atomic mass is 35.5. The summed E-state index contributed by atoms with van der Waals surface area (Å²) in [6.07, 6.45) is 6.71. The maximum Gasteiger partial charge on any atom is 0.321 e. The fourth-order valence-corrected chi connectivity index (χ4v) is 3.94. The van der Waals surface area contributed by atoms with Crippen LogP contribution in [-0.2, 0) is 0 Å². The van der Waals surface area contributed by atoms with E-state index in [1.807, 2.05) is 4.90 Å². The Balaban J connectivity index is 1.50. The standard InChI is InChI=1S/C18H26ClN3O2/c1-24-17-8-7-14(13-16(17)19)20-18(23)22-11-9-21(10-12-22)15-5-3-2-4-6-15/h7-8,13,15H,2-6,9-12H2,1H3,(H,20,23). The van der Waals surface area contributed by atoms with E-state index in [2.05, 4.69) is 10.2 Å². The molecule has 1 aromatic carbocycles. The van der Waals surface area contributed by atoms with Gasteiger partial charge in [-0.3, -0.25) is 4.90 Å². The zero-order valence-corrected chi connectivity index (χ0v) is 15.0. The van der Waals surface area contributed by atoms with Crippen molar-refractivity contribution in [2.24, 2.45) is 0 Å². The maximum atomic E-state index is 12.4. The van der Waals surface area contributed by atoms with Crippen molar-refractivity contribution in [1.29, 1.82) is 0 Å². The average molecular weight is 352 g/mol. The Morgan fingerprint density at radius 3 is 2.50 bits per heavy atom. The lowest BCUT2D eigenvalue weighted by atomic mass is 9.94. The summed E-state index contributed by atoms with van der Waals surface area (Å²) in [6.45, 7) is 3.52. The van der Waals surface area contributed by atoms with E-state index in [-0.39, 0.29) is 6.03 Å². The SMILES string of the molecule is COc1ccc(NC(=O)N2CCN(C3CCCCC3)CC2)cc1Cl. The van der Waals surface area contributed by atoms with Crippen LogP contribution in [0.25, 0.3) is 0 Å². The number of amides is 2. The van der Waals surface area contributed by atoms with Crippen LogP contribution in [0.1, 0.15) is 32.1 Å². The van der Waals surface area contributed by atoms with E-state index in [1.54, 1.807) is 25.3 Å². The first-order chi connectivity index (χ1) is 11.7. The molecule has 1 aliphatic heterocycles. The van der Waals surface area contributed by atoms with Crippen molar-refractivity contribution in [3.8, 4) is 5.75 Å². The van der Waals surface area contributed by atoms with Crippen LogP contribution in [0.2, 0.25) is 5.02 Å². The highest BCUT2D eigenvalue weighted by molar-refractivity contribution is 6.32. The number of anilines is 1. The largest absolute Gasteiger partial charge is 0.495 e. The normalized spacial score (nSPS) is 20.0. The summed E-state index contributed by atoms with van der Waals surface area (Å²) in [5.41, 5.74) is 0.695. The molecular formula is C18H26ClN3O2. The van der Waals surface area contributed by atoms with Crippen molar-refractivity contribution in [2.45, 2.75) is 38.1 Å². The fourth-order valence-electron chi connectivity index (χ4n) is 3.68. The number of ether oxygens (including phenoxy) is 1. The Morgan fingerprint density at radius 1 is 1.17 bits per heavy atom. The lowest BCUT2D eigenvalue weighted by Gasteiger charge is -2.40. The molecule has 24 heavy (non-hydrogen) atoms. The number of carbonyl (C=O) groups is 1. The molecule has 2 fully saturated rings. The van der Waals surface area contributed by atoms with Gasteiger partial charge in [0.2, 0.25) is 0 Å². The van der Waals surface area contributed by atoms with Crippen molar-refractivity contribution < 1.29 is 9.53 Å². The Kier molecular flexibility index (Phi) is 5.85. The molecule has 1 heterocycles. The number of hydrogen-bond acceptors (Lipinski definition) is 3. The Hall–Kier alpha value is -1.46. The maximum absolute atomic E-state index is 12.4. The minimum Gasteiger partial charge on any atom is -0.495 e. The van der Waals surface area contributed by atoms with E-state index in [1.165, 1.54) is 32.1 Å². The van der Waals surface area contributed by atoms with E-state index in [0.29, 0.717) is 16.5 Å². The van der Waals surface area contributed by atoms with Gasteiger partial charge in [-0.2, -0.15) is 0 Å². The molecule has 2 amide bonds. The molecule has 0 spiro atoms. The minimum absolute atomic E-state index is 0.0560. The van der Waals surface area contributed by atoms with Crippen LogP contribution in [0.15, 0.2) is 18.2 Å². The van der Waals surface area contributed by atoms with Crippen LogP contribution in [-0.4, -0.2) is 55.2 Å². The molecule has 1 saturated heterocycles. The second-order valence-corrected chi connectivity index (χ2v) is 7.00. The summed E-state index contributed by atoms with van der Waals surface area (Å²) in [4.78, 5) is 16.9. The van der Waals surface area contributed by atoms with Gasteiger partial charge >= 0.3 is 6.03 Å². The van der Waals surface area contributed by atoms with Crippen LogP contribution in [0.4, 0.5) is 10.5 Å². The monoisotopic (exact) mass is 351 g/mol. The summed E-state index contributed by atoms with van der Waals surface area (Å²) < 4.78 is 5.13. The fraction of sp³-hybridized carbons (Fsp3) is 0.611. The molecule has 1 saturated carbocycles. The van der Waals surface area contributed by atoms with Crippen molar-refractivity contribution in [2.75, 3.05) is 38.6 Å². The van der Waals surface area contributed by atoms with Crippen molar-refractivity contribution in [3.05, 3.63) is 23.2 Å². The number of hydrogen-bond donors (Lipinski definition) is 1. The Morgan fingerprint density at radius 2 is 1.88 bits per heavy atom. The predicted octanol–water partition coefficient (Wildman–Crippen LogP) is 3.83. The van der Waals surface area contributed by atoms with Crippen LogP contribution in [0.5, 0.6) is 5.75 Å². The van der Waals surface area contributed by atoms with Gasteiger partial charge in [-0.25, -0.2) is 4.79 Å². The summed E-state index contributed by atoms with van der Waals surface area (Å²) in [6, 6.07) is 5.96. The number of urea groups is 1. The summed E-state index contributed by atoms with van der Waals surface area (Å²) >= 11 is 6.11. The van der Waals surface area contributed by atoms with E-state index < -0.39 is 0 Å². The lowest BCUT2D eigenvalue weighted by Crippen LogP contribution is -2.53. The van der Waals surface area contributed by atoms with Gasteiger partial charge in [-0.15, -0.1) is 0 Å². The first kappa shape index (κ1) is 17.4. The molecular weight excluding hydrogens is 326 g/mol. The summed E-state index contributed by atoms with van der Waals surface area (Å²) in [7, 11) is 1.57. The van der Waals surface area contributed by atoms with E-state index in [4.69, 9.17) is 16.3 Å². The molecule has 2 aliphatic rings. The third-order valence-corrected chi connectivity index (χ3v) is 5.39. The van der Waals surface area contributed by atoms with Crippen LogP contribution in [0.3, 0.4) is 0 Å². The number of carbonyl (C=O) groups excluding carboxylic acids is 1. The molecule has 0 unspecified atom stereocenters. The Bertz CT molecular complexity index is 567. The molecule has 1 aromatic rings. The van der Waals surface area contributed by atoms with Gasteiger partial charge in [0.05, 0.1) is 12.1 Å². The molecule has 132 valence electrons. The second kappa shape index (κ2) is 8.08. The van der Waals surface area contributed by atoms with Gasteiger partial charge in [0.1, 0.15) is 5.75 Å². The molecule has 0 radical (unpaired) electrons. The molecule has 3 rings (SSSR count). The topological polar surface area (TPSA) is 44.8 Å². The third-order valence-electron chi connectivity index (χ3n) is 5.10. The number of nitrogens with zero attached hydrogens (tertiary/aromatic N) is 2. The van der Waals surface area contributed by atoms with Crippen LogP contribution >= 0.6 is 11.6 Å². The van der Waals surface area contributed by atoms with Crippen molar-refractivity contribution in [1.82, 2.24) is 9.80 Å². The zero-order valence-electron chi connectivity index (χ0n) is 14.3. The first-order valence-corrected chi connectivity index (χ1v) is 9.18. The molecule has 6 heteroatoms. The Labute approximate surface area is 148 Å². The molecule has 0 aromatic heterocycles. The van der Waals surface area contributed by atoms with Gasteiger partial charge in [-0.1, -0.05) is 30.9 Å². The number of nitrogens with one attached hydrogen (secondary N) is 1. The number of benzene rings is 1. The highest BCUT2D eigenvalue weighted by Gasteiger charge is 2.27. The molecule has 5 nitrogen and oxygen atoms in total. The van der Waals surface area contributed by atoms with E-state index >= 15 is 0 Å². The summed E-state index contributed by atoms with van der Waals surface area (Å²) in [5.74, 6) is 0.607. The molecule has 1 aliphatic carbocycles. The third kappa shape index (κ3) is 4.14. The van der Waals surface area contributed by atoms with Gasteiger partial charge in [0, 0.05) is 37.9 Å². The van der Waals surface area contributed by atoms with Gasteiger partial charge in [-0.05, 0) is 31.0 Å². The number of piperazine rings is 1. The van der Waals surface area contributed by atoms with Crippen LogP contribution < -0.4 is 10.1 Å². The quantitative estimate of drug-likeness (QED) is 0.900. The number of methoxy groups -OCH3 is 1. The van der Waals surface area contributed by atoms with Gasteiger partial charge in [0.25, 0.3) is 0 Å². The number of rotatable bonds is 3. The van der Waals surface area contributed by atoms with E-state index in [9.17, 15) is 4.79 Å².